The minimum Gasteiger partial charge on any atom is -0.392 e. The van der Waals surface area contributed by atoms with E-state index < -0.39 is 0 Å². The van der Waals surface area contributed by atoms with Crippen LogP contribution in [0.3, 0.4) is 0 Å². The van der Waals surface area contributed by atoms with Crippen molar-refractivity contribution in [2.24, 2.45) is 0 Å². The first kappa shape index (κ1) is 16.7. The van der Waals surface area contributed by atoms with Crippen molar-refractivity contribution in [2.45, 2.75) is 26.4 Å². The second kappa shape index (κ2) is 8.10. The zero-order valence-corrected chi connectivity index (χ0v) is 13.5. The average molecular weight is 306 g/mol. The molecule has 0 unspecified atom stereocenters. The zero-order valence-electron chi connectivity index (χ0n) is 13.5. The van der Waals surface area contributed by atoms with E-state index in [-0.39, 0.29) is 12.0 Å². The van der Waals surface area contributed by atoms with Crippen LogP contribution in [-0.2, 0) is 0 Å². The van der Waals surface area contributed by atoms with Gasteiger partial charge in [0.25, 0.3) is 5.91 Å². The molecule has 6 nitrogen and oxygen atoms in total. The molecular weight excluding hydrogens is 280 g/mol. The number of hydrogen-bond acceptors (Lipinski definition) is 5. The Hall–Kier alpha value is -1.66. The number of piperazine rings is 1. The highest BCUT2D eigenvalue weighted by Gasteiger charge is 2.19. The quantitative estimate of drug-likeness (QED) is 0.811. The lowest BCUT2D eigenvalue weighted by Gasteiger charge is -2.35. The Morgan fingerprint density at radius 2 is 2.09 bits per heavy atom. The summed E-state index contributed by atoms with van der Waals surface area (Å²) in [5.41, 5.74) is 0.602. The van der Waals surface area contributed by atoms with Crippen LogP contribution in [0.15, 0.2) is 18.3 Å². The van der Waals surface area contributed by atoms with Crippen molar-refractivity contribution >= 4 is 11.7 Å². The van der Waals surface area contributed by atoms with E-state index in [1.165, 1.54) is 0 Å². The topological polar surface area (TPSA) is 68.7 Å². The van der Waals surface area contributed by atoms with Crippen molar-refractivity contribution in [3.8, 4) is 0 Å². The fourth-order valence-corrected chi connectivity index (χ4v) is 2.58. The Kier molecular flexibility index (Phi) is 6.15. The summed E-state index contributed by atoms with van der Waals surface area (Å²) < 4.78 is 0. The van der Waals surface area contributed by atoms with E-state index in [0.717, 1.165) is 45.0 Å². The summed E-state index contributed by atoms with van der Waals surface area (Å²) in [6.45, 7) is 8.87. The normalized spacial score (nSPS) is 17.3. The number of aliphatic hydroxyl groups is 1. The van der Waals surface area contributed by atoms with Gasteiger partial charge in [-0.15, -0.1) is 0 Å². The number of pyridine rings is 1. The molecule has 0 radical (unpaired) electrons. The summed E-state index contributed by atoms with van der Waals surface area (Å²) >= 11 is 0. The van der Waals surface area contributed by atoms with Gasteiger partial charge in [0.05, 0.1) is 11.7 Å². The summed E-state index contributed by atoms with van der Waals surface area (Å²) in [5.74, 6) is 0.839. The maximum atomic E-state index is 11.8. The number of nitrogens with one attached hydrogen (secondary N) is 1. The molecular formula is C16H26N4O2. The van der Waals surface area contributed by atoms with Gasteiger partial charge in [0, 0.05) is 45.5 Å². The molecule has 2 rings (SSSR count). The van der Waals surface area contributed by atoms with Crippen molar-refractivity contribution < 1.29 is 9.90 Å². The summed E-state index contributed by atoms with van der Waals surface area (Å²) in [7, 11) is 0. The lowest BCUT2D eigenvalue weighted by Crippen LogP contribution is -2.48. The SMILES string of the molecule is CCCNC(=O)c1ccc(N2CCN(C[C@@H](C)O)CC2)nc1. The van der Waals surface area contributed by atoms with Gasteiger partial charge in [-0.25, -0.2) is 4.98 Å². The third-order valence-corrected chi connectivity index (χ3v) is 3.76. The van der Waals surface area contributed by atoms with E-state index in [4.69, 9.17) is 0 Å². The van der Waals surface area contributed by atoms with Crippen LogP contribution in [0, 0.1) is 0 Å². The van der Waals surface area contributed by atoms with Gasteiger partial charge >= 0.3 is 0 Å². The monoisotopic (exact) mass is 306 g/mol. The number of anilines is 1. The third-order valence-electron chi connectivity index (χ3n) is 3.76. The Morgan fingerprint density at radius 3 is 2.64 bits per heavy atom. The van der Waals surface area contributed by atoms with Crippen molar-refractivity contribution in [1.82, 2.24) is 15.2 Å². The van der Waals surface area contributed by atoms with Crippen LogP contribution in [0.1, 0.15) is 30.6 Å². The van der Waals surface area contributed by atoms with Crippen LogP contribution >= 0.6 is 0 Å². The van der Waals surface area contributed by atoms with Gasteiger partial charge in [0.1, 0.15) is 5.82 Å². The highest BCUT2D eigenvalue weighted by atomic mass is 16.3. The van der Waals surface area contributed by atoms with Crippen LogP contribution in [0.2, 0.25) is 0 Å². The maximum Gasteiger partial charge on any atom is 0.252 e. The van der Waals surface area contributed by atoms with Crippen molar-refractivity contribution in [2.75, 3.05) is 44.2 Å². The van der Waals surface area contributed by atoms with Gasteiger partial charge < -0.3 is 15.3 Å². The molecule has 0 spiro atoms. The van der Waals surface area contributed by atoms with E-state index >= 15 is 0 Å². The van der Waals surface area contributed by atoms with Crippen molar-refractivity contribution in [3.05, 3.63) is 23.9 Å². The smallest absolute Gasteiger partial charge is 0.252 e. The molecule has 0 aromatic carbocycles. The van der Waals surface area contributed by atoms with Crippen LogP contribution in [0.4, 0.5) is 5.82 Å². The van der Waals surface area contributed by atoms with Crippen LogP contribution in [0.25, 0.3) is 0 Å². The molecule has 0 bridgehead atoms. The summed E-state index contributed by atoms with van der Waals surface area (Å²) in [5, 5.41) is 12.3. The van der Waals surface area contributed by atoms with Crippen LogP contribution < -0.4 is 10.2 Å². The molecule has 1 saturated heterocycles. The molecule has 22 heavy (non-hydrogen) atoms. The first-order valence-electron chi connectivity index (χ1n) is 7.99. The zero-order chi connectivity index (χ0) is 15.9. The van der Waals surface area contributed by atoms with Gasteiger partial charge in [-0.3, -0.25) is 9.69 Å². The fraction of sp³-hybridized carbons (Fsp3) is 0.625. The third kappa shape index (κ3) is 4.68. The highest BCUT2D eigenvalue weighted by molar-refractivity contribution is 5.94. The average Bonchev–Trinajstić information content (AvgIpc) is 2.53. The predicted molar refractivity (Wildman–Crippen MR) is 87.2 cm³/mol. The van der Waals surface area contributed by atoms with Crippen LogP contribution in [-0.4, -0.2) is 66.3 Å². The van der Waals surface area contributed by atoms with Gasteiger partial charge in [0.2, 0.25) is 0 Å². The largest absolute Gasteiger partial charge is 0.392 e. The van der Waals surface area contributed by atoms with E-state index in [9.17, 15) is 9.90 Å². The minimum atomic E-state index is -0.286. The van der Waals surface area contributed by atoms with Gasteiger partial charge in [-0.1, -0.05) is 6.92 Å². The molecule has 122 valence electrons. The van der Waals surface area contributed by atoms with Gasteiger partial charge in [-0.05, 0) is 25.5 Å². The Balaban J connectivity index is 1.88. The number of nitrogens with zero attached hydrogens (tertiary/aromatic N) is 3. The molecule has 1 aromatic rings. The number of β-amino-alcohol motifs (C(OH)–C–C–N with tert-alkyl or cyclic N) is 1. The lowest BCUT2D eigenvalue weighted by atomic mass is 10.2. The molecule has 0 aliphatic carbocycles. The van der Waals surface area contributed by atoms with E-state index in [1.54, 1.807) is 6.20 Å². The second-order valence-corrected chi connectivity index (χ2v) is 5.80. The van der Waals surface area contributed by atoms with Crippen molar-refractivity contribution in [1.29, 1.82) is 0 Å². The molecule has 1 aliphatic heterocycles. The fourth-order valence-electron chi connectivity index (χ4n) is 2.58. The molecule has 1 amide bonds. The number of carbonyl (C=O) groups excluding carboxylic acids is 1. The number of aromatic nitrogens is 1. The Bertz CT molecular complexity index is 468. The van der Waals surface area contributed by atoms with E-state index in [1.807, 2.05) is 26.0 Å². The first-order chi connectivity index (χ1) is 10.6. The van der Waals surface area contributed by atoms with Crippen LogP contribution in [0.5, 0.6) is 0 Å². The molecule has 1 atom stereocenters. The highest BCUT2D eigenvalue weighted by Crippen LogP contribution is 2.14. The molecule has 1 aromatic heterocycles. The number of amides is 1. The van der Waals surface area contributed by atoms with E-state index in [0.29, 0.717) is 12.1 Å². The molecule has 0 saturated carbocycles. The second-order valence-electron chi connectivity index (χ2n) is 5.80. The lowest BCUT2D eigenvalue weighted by molar-refractivity contribution is 0.0953. The van der Waals surface area contributed by atoms with E-state index in [2.05, 4.69) is 20.1 Å². The van der Waals surface area contributed by atoms with Crippen molar-refractivity contribution in [3.63, 3.8) is 0 Å². The Labute approximate surface area is 132 Å². The number of hydrogen-bond donors (Lipinski definition) is 2. The predicted octanol–water partition coefficient (Wildman–Crippen LogP) is 0.724. The minimum absolute atomic E-state index is 0.0670. The van der Waals surface area contributed by atoms with Gasteiger partial charge in [0.15, 0.2) is 0 Å². The number of carbonyl (C=O) groups is 1. The van der Waals surface area contributed by atoms with Gasteiger partial charge in [-0.2, -0.15) is 0 Å². The molecule has 2 heterocycles. The molecule has 1 fully saturated rings. The molecule has 2 N–H and O–H groups in total. The molecule has 1 aliphatic rings. The summed E-state index contributed by atoms with van der Waals surface area (Å²) in [6, 6.07) is 3.74. The summed E-state index contributed by atoms with van der Waals surface area (Å²) in [6.07, 6.45) is 2.28. The first-order valence-corrected chi connectivity index (χ1v) is 7.99. The Morgan fingerprint density at radius 1 is 1.36 bits per heavy atom. The maximum absolute atomic E-state index is 11.8. The summed E-state index contributed by atoms with van der Waals surface area (Å²) in [4.78, 5) is 20.7. The number of rotatable bonds is 6. The molecule has 6 heteroatoms. The standard InChI is InChI=1S/C16H26N4O2/c1-3-6-17-16(22)14-4-5-15(18-11-14)20-9-7-19(8-10-20)12-13(2)21/h4-5,11,13,21H,3,6-10,12H2,1-2H3,(H,17,22)/t13-/m1/s1. The number of aliphatic hydroxyl groups excluding tert-OH is 1.